The molecule has 1 N–H and O–H groups in total. The summed E-state index contributed by atoms with van der Waals surface area (Å²) >= 11 is 0. The number of methoxy groups -OCH3 is 1. The van der Waals surface area contributed by atoms with Crippen molar-refractivity contribution in [2.24, 2.45) is 0 Å². The fourth-order valence-electron chi connectivity index (χ4n) is 3.97. The summed E-state index contributed by atoms with van der Waals surface area (Å²) in [5.41, 5.74) is 1.08. The maximum atomic E-state index is 13.4. The molecule has 2 aromatic carbocycles. The number of sulfonamides is 1. The van der Waals surface area contributed by atoms with Gasteiger partial charge in [0.15, 0.2) is 0 Å². The van der Waals surface area contributed by atoms with Gasteiger partial charge in [0.25, 0.3) is 0 Å². The normalized spacial score (nSPS) is 12.9. The van der Waals surface area contributed by atoms with Gasteiger partial charge in [-0.3, -0.25) is 13.9 Å². The van der Waals surface area contributed by atoms with Gasteiger partial charge in [0, 0.05) is 25.6 Å². The van der Waals surface area contributed by atoms with E-state index in [-0.39, 0.29) is 49.6 Å². The number of halogens is 1. The number of nitrogens with one attached hydrogen (secondary N) is 1. The fourth-order valence-corrected chi connectivity index (χ4v) is 4.93. The van der Waals surface area contributed by atoms with Gasteiger partial charge in [0.05, 0.1) is 19.1 Å². The smallest absolute Gasteiger partial charge is 0.243 e. The van der Waals surface area contributed by atoms with Crippen LogP contribution in [0.15, 0.2) is 48.5 Å². The van der Waals surface area contributed by atoms with Crippen molar-refractivity contribution >= 4 is 27.5 Å². The number of carbonyl (C=O) groups excluding carboxylic acids is 2. The van der Waals surface area contributed by atoms with E-state index >= 15 is 0 Å². The van der Waals surface area contributed by atoms with Crippen LogP contribution in [0.2, 0.25) is 0 Å². The quantitative estimate of drug-likeness (QED) is 0.393. The zero-order valence-electron chi connectivity index (χ0n) is 22.2. The number of rotatable bonds is 14. The minimum Gasteiger partial charge on any atom is -0.495 e. The van der Waals surface area contributed by atoms with Crippen LogP contribution < -0.4 is 14.4 Å². The van der Waals surface area contributed by atoms with E-state index in [1.54, 1.807) is 36.4 Å². The summed E-state index contributed by atoms with van der Waals surface area (Å²) in [5, 5.41) is 2.94. The average Bonchev–Trinajstić information content (AvgIpc) is 2.86. The van der Waals surface area contributed by atoms with Crippen LogP contribution >= 0.6 is 0 Å². The monoisotopic (exact) mass is 535 g/mol. The molecular formula is C27H38FN3O5S. The lowest BCUT2D eigenvalue weighted by molar-refractivity contribution is -0.141. The molecule has 0 aliphatic rings. The first-order chi connectivity index (χ1) is 17.5. The van der Waals surface area contributed by atoms with E-state index in [1.807, 2.05) is 20.8 Å². The summed E-state index contributed by atoms with van der Waals surface area (Å²) in [6.07, 6.45) is 2.50. The first-order valence-corrected chi connectivity index (χ1v) is 14.3. The Labute approximate surface area is 219 Å². The van der Waals surface area contributed by atoms with E-state index in [9.17, 15) is 22.4 Å². The van der Waals surface area contributed by atoms with Crippen molar-refractivity contribution in [1.82, 2.24) is 10.2 Å². The van der Waals surface area contributed by atoms with Crippen molar-refractivity contribution in [3.05, 3.63) is 59.9 Å². The molecule has 2 rings (SSSR count). The Morgan fingerprint density at radius 3 is 2.27 bits per heavy atom. The van der Waals surface area contributed by atoms with E-state index < -0.39 is 16.1 Å². The largest absolute Gasteiger partial charge is 0.495 e. The van der Waals surface area contributed by atoms with Crippen molar-refractivity contribution in [3.8, 4) is 5.75 Å². The molecule has 0 bridgehead atoms. The lowest BCUT2D eigenvalue weighted by atomic mass is 10.1. The zero-order chi connectivity index (χ0) is 27.6. The molecule has 37 heavy (non-hydrogen) atoms. The SMILES string of the molecule is CCC(C)NC(=O)C(CC)N(Cc1ccc(F)cc1)C(=O)CCCN(c1ccccc1OC)S(C)(=O)=O. The topological polar surface area (TPSA) is 96.0 Å². The summed E-state index contributed by atoms with van der Waals surface area (Å²) < 4.78 is 45.1. The first kappa shape index (κ1) is 30.1. The van der Waals surface area contributed by atoms with Crippen molar-refractivity contribution in [3.63, 3.8) is 0 Å². The molecule has 0 saturated carbocycles. The highest BCUT2D eigenvalue weighted by Crippen LogP contribution is 2.29. The van der Waals surface area contributed by atoms with Gasteiger partial charge in [0.1, 0.15) is 17.6 Å². The van der Waals surface area contributed by atoms with Crippen LogP contribution in [0.5, 0.6) is 5.75 Å². The van der Waals surface area contributed by atoms with Crippen molar-refractivity contribution in [1.29, 1.82) is 0 Å². The lowest BCUT2D eigenvalue weighted by Crippen LogP contribution is -2.50. The molecule has 2 atom stereocenters. The minimum absolute atomic E-state index is 0.0233. The number of ether oxygens (including phenoxy) is 1. The van der Waals surface area contributed by atoms with Crippen LogP contribution in [0.4, 0.5) is 10.1 Å². The second-order valence-electron chi connectivity index (χ2n) is 9.00. The number of anilines is 1. The Bertz CT molecular complexity index is 1140. The lowest BCUT2D eigenvalue weighted by Gasteiger charge is -2.32. The van der Waals surface area contributed by atoms with Crippen molar-refractivity contribution < 1.29 is 27.1 Å². The third-order valence-electron chi connectivity index (χ3n) is 6.16. The second kappa shape index (κ2) is 14.0. The predicted octanol–water partition coefficient (Wildman–Crippen LogP) is 4.10. The average molecular weight is 536 g/mol. The summed E-state index contributed by atoms with van der Waals surface area (Å²) in [6.45, 7) is 5.88. The van der Waals surface area contributed by atoms with Gasteiger partial charge in [-0.25, -0.2) is 12.8 Å². The molecule has 0 fully saturated rings. The third kappa shape index (κ3) is 8.73. The summed E-state index contributed by atoms with van der Waals surface area (Å²) in [7, 11) is -2.18. The van der Waals surface area contributed by atoms with Gasteiger partial charge in [-0.15, -0.1) is 0 Å². The van der Waals surface area contributed by atoms with Crippen LogP contribution in [-0.2, 0) is 26.2 Å². The van der Waals surface area contributed by atoms with Gasteiger partial charge < -0.3 is 15.0 Å². The number of amides is 2. The molecule has 0 radical (unpaired) electrons. The maximum absolute atomic E-state index is 13.4. The second-order valence-corrected chi connectivity index (χ2v) is 10.9. The van der Waals surface area contributed by atoms with Crippen LogP contribution in [0.25, 0.3) is 0 Å². The Morgan fingerprint density at radius 2 is 1.70 bits per heavy atom. The van der Waals surface area contributed by atoms with E-state index in [4.69, 9.17) is 4.74 Å². The molecule has 8 nitrogen and oxygen atoms in total. The Kier molecular flexibility index (Phi) is 11.4. The highest BCUT2D eigenvalue weighted by molar-refractivity contribution is 7.92. The molecule has 0 aliphatic heterocycles. The molecule has 0 aliphatic carbocycles. The highest BCUT2D eigenvalue weighted by Gasteiger charge is 2.29. The predicted molar refractivity (Wildman–Crippen MR) is 143 cm³/mol. The summed E-state index contributed by atoms with van der Waals surface area (Å²) in [5.74, 6) is -0.520. The molecule has 2 amide bonds. The molecule has 10 heteroatoms. The molecule has 0 spiro atoms. The zero-order valence-corrected chi connectivity index (χ0v) is 23.1. The maximum Gasteiger partial charge on any atom is 0.243 e. The standard InChI is InChI=1S/C27H38FN3O5S/c1-6-20(3)29-27(33)23(7-2)30(19-21-14-16-22(28)17-15-21)26(32)13-10-18-31(37(5,34)35)24-11-8-9-12-25(24)36-4/h8-9,11-12,14-17,20,23H,6-7,10,13,18-19H2,1-5H3,(H,29,33). The molecule has 204 valence electrons. The highest BCUT2D eigenvalue weighted by atomic mass is 32.2. The summed E-state index contributed by atoms with van der Waals surface area (Å²) in [6, 6.07) is 11.8. The Hall–Kier alpha value is -3.14. The van der Waals surface area contributed by atoms with Gasteiger partial charge >= 0.3 is 0 Å². The van der Waals surface area contributed by atoms with Crippen LogP contribution in [-0.4, -0.2) is 57.1 Å². The first-order valence-electron chi connectivity index (χ1n) is 12.5. The molecule has 0 saturated heterocycles. The van der Waals surface area contributed by atoms with Crippen LogP contribution in [0.1, 0.15) is 52.0 Å². The van der Waals surface area contributed by atoms with E-state index in [0.29, 0.717) is 23.4 Å². The molecule has 0 aromatic heterocycles. The number of carbonyl (C=O) groups is 2. The molecular weight excluding hydrogens is 497 g/mol. The van der Waals surface area contributed by atoms with E-state index in [2.05, 4.69) is 5.32 Å². The van der Waals surface area contributed by atoms with Gasteiger partial charge in [-0.05, 0) is 56.0 Å². The minimum atomic E-state index is -3.64. The third-order valence-corrected chi connectivity index (χ3v) is 7.34. The van der Waals surface area contributed by atoms with Gasteiger partial charge in [0.2, 0.25) is 21.8 Å². The van der Waals surface area contributed by atoms with E-state index in [0.717, 1.165) is 12.7 Å². The fraction of sp³-hybridized carbons (Fsp3) is 0.481. The van der Waals surface area contributed by atoms with Crippen molar-refractivity contribution in [2.75, 3.05) is 24.2 Å². The van der Waals surface area contributed by atoms with Crippen LogP contribution in [0.3, 0.4) is 0 Å². The molecule has 2 aromatic rings. The number of hydrogen-bond donors (Lipinski definition) is 1. The number of nitrogens with zero attached hydrogens (tertiary/aromatic N) is 2. The van der Waals surface area contributed by atoms with Crippen molar-refractivity contribution in [2.45, 2.75) is 65.1 Å². The Morgan fingerprint density at radius 1 is 1.05 bits per heavy atom. The summed E-state index contributed by atoms with van der Waals surface area (Å²) in [4.78, 5) is 28.0. The van der Waals surface area contributed by atoms with Gasteiger partial charge in [-0.2, -0.15) is 0 Å². The molecule has 2 unspecified atom stereocenters. The number of hydrogen-bond acceptors (Lipinski definition) is 5. The van der Waals surface area contributed by atoms with E-state index in [1.165, 1.54) is 28.4 Å². The number of para-hydroxylation sites is 2. The van der Waals surface area contributed by atoms with Crippen LogP contribution in [0, 0.1) is 5.82 Å². The number of benzene rings is 2. The molecule has 0 heterocycles. The van der Waals surface area contributed by atoms with Gasteiger partial charge in [-0.1, -0.05) is 38.1 Å². The Balaban J connectivity index is 2.24.